The van der Waals surface area contributed by atoms with Gasteiger partial charge in [0.2, 0.25) is 0 Å². The highest BCUT2D eigenvalue weighted by molar-refractivity contribution is 5.64. The van der Waals surface area contributed by atoms with Crippen LogP contribution in [-0.2, 0) is 11.3 Å². The lowest BCUT2D eigenvalue weighted by molar-refractivity contribution is 0.0152. The van der Waals surface area contributed by atoms with Crippen LogP contribution in [0.1, 0.15) is 17.3 Å². The second-order valence-corrected chi connectivity index (χ2v) is 7.17. The average Bonchev–Trinajstić information content (AvgIpc) is 3.26. The number of hydrogen-bond acceptors (Lipinski definition) is 6. The highest BCUT2D eigenvalue weighted by atomic mass is 19.1. The van der Waals surface area contributed by atoms with Crippen LogP contribution in [0.5, 0.6) is 5.75 Å². The Bertz CT molecular complexity index is 944. The van der Waals surface area contributed by atoms with Crippen LogP contribution >= 0.6 is 0 Å². The number of methoxy groups -OCH3 is 1. The van der Waals surface area contributed by atoms with Gasteiger partial charge in [0.05, 0.1) is 44.0 Å². The van der Waals surface area contributed by atoms with E-state index in [0.29, 0.717) is 30.1 Å². The van der Waals surface area contributed by atoms with E-state index in [4.69, 9.17) is 9.47 Å². The molecule has 0 radical (unpaired) electrons. The van der Waals surface area contributed by atoms with Crippen LogP contribution in [0, 0.1) is 5.82 Å². The first-order valence-corrected chi connectivity index (χ1v) is 10.1. The first kappa shape index (κ1) is 20.5. The molecule has 1 unspecified atom stereocenters. The minimum Gasteiger partial charge on any atom is -0.497 e. The molecule has 0 saturated carbocycles. The van der Waals surface area contributed by atoms with Gasteiger partial charge < -0.3 is 14.8 Å². The largest absolute Gasteiger partial charge is 0.497 e. The molecule has 0 amide bonds. The molecular formula is C22H26FN5O2. The van der Waals surface area contributed by atoms with Crippen LogP contribution in [0.4, 0.5) is 4.39 Å². The summed E-state index contributed by atoms with van der Waals surface area (Å²) in [6.07, 6.45) is 3.56. The second kappa shape index (κ2) is 9.80. The number of nitrogens with one attached hydrogen (secondary N) is 2. The van der Waals surface area contributed by atoms with Crippen LogP contribution in [0.25, 0.3) is 11.3 Å². The summed E-state index contributed by atoms with van der Waals surface area (Å²) in [5.41, 5.74) is 3.07. The van der Waals surface area contributed by atoms with Gasteiger partial charge in [0, 0.05) is 49.6 Å². The van der Waals surface area contributed by atoms with Crippen molar-refractivity contribution in [2.45, 2.75) is 12.6 Å². The number of benzene rings is 1. The van der Waals surface area contributed by atoms with Crippen molar-refractivity contribution in [1.82, 2.24) is 25.4 Å². The standard InChI is InChI=1S/C22H26FN5O2/c1-29-17-5-6-18(19(23)12-17)22-16(14-26-27-22)13-24-15-21(20-4-2-3-7-25-20)28-8-10-30-11-9-28/h2-7,12,14,21,24H,8-11,13,15H2,1H3,(H,26,27). The van der Waals surface area contributed by atoms with E-state index in [9.17, 15) is 4.39 Å². The zero-order valence-corrected chi connectivity index (χ0v) is 17.0. The molecule has 2 aromatic heterocycles. The SMILES string of the molecule is COc1ccc(-c2[nH]ncc2CNCC(c2ccccn2)N2CCOCC2)c(F)c1. The molecule has 4 rings (SSSR count). The van der Waals surface area contributed by atoms with Crippen LogP contribution in [0.3, 0.4) is 0 Å². The lowest BCUT2D eigenvalue weighted by Crippen LogP contribution is -2.43. The topological polar surface area (TPSA) is 75.3 Å². The van der Waals surface area contributed by atoms with E-state index in [0.717, 1.165) is 37.6 Å². The maximum Gasteiger partial charge on any atom is 0.136 e. The number of pyridine rings is 1. The number of halogens is 1. The predicted octanol–water partition coefficient (Wildman–Crippen LogP) is 2.78. The summed E-state index contributed by atoms with van der Waals surface area (Å²) < 4.78 is 25.1. The minimum absolute atomic E-state index is 0.142. The van der Waals surface area contributed by atoms with Gasteiger partial charge in [0.25, 0.3) is 0 Å². The molecule has 2 N–H and O–H groups in total. The highest BCUT2D eigenvalue weighted by Crippen LogP contribution is 2.27. The molecule has 30 heavy (non-hydrogen) atoms. The van der Waals surface area contributed by atoms with Gasteiger partial charge in [0.1, 0.15) is 11.6 Å². The Hall–Kier alpha value is -2.81. The number of rotatable bonds is 8. The van der Waals surface area contributed by atoms with Crippen molar-refractivity contribution in [3.63, 3.8) is 0 Å². The zero-order chi connectivity index (χ0) is 20.8. The van der Waals surface area contributed by atoms with Crippen molar-refractivity contribution in [3.8, 4) is 17.0 Å². The van der Waals surface area contributed by atoms with Crippen molar-refractivity contribution >= 4 is 0 Å². The van der Waals surface area contributed by atoms with Crippen LogP contribution < -0.4 is 10.1 Å². The van der Waals surface area contributed by atoms with E-state index in [1.807, 2.05) is 18.3 Å². The van der Waals surface area contributed by atoms with Gasteiger partial charge in [-0.15, -0.1) is 0 Å². The summed E-state index contributed by atoms with van der Waals surface area (Å²) in [5.74, 6) is 0.138. The molecule has 1 atom stereocenters. The zero-order valence-electron chi connectivity index (χ0n) is 17.0. The van der Waals surface area contributed by atoms with E-state index in [1.165, 1.54) is 13.2 Å². The molecule has 3 heterocycles. The maximum absolute atomic E-state index is 14.5. The monoisotopic (exact) mass is 411 g/mol. The van der Waals surface area contributed by atoms with Crippen molar-refractivity contribution in [1.29, 1.82) is 0 Å². The smallest absolute Gasteiger partial charge is 0.136 e. The molecule has 1 aliphatic heterocycles. The fourth-order valence-electron chi connectivity index (χ4n) is 3.73. The minimum atomic E-state index is -0.348. The van der Waals surface area contributed by atoms with Gasteiger partial charge in [-0.1, -0.05) is 6.07 Å². The highest BCUT2D eigenvalue weighted by Gasteiger charge is 2.23. The molecular weight excluding hydrogens is 385 g/mol. The summed E-state index contributed by atoms with van der Waals surface area (Å²) in [5, 5.41) is 10.6. The summed E-state index contributed by atoms with van der Waals surface area (Å²) in [6, 6.07) is 11.0. The molecule has 8 heteroatoms. The number of aromatic nitrogens is 3. The van der Waals surface area contributed by atoms with Crippen LogP contribution in [0.2, 0.25) is 0 Å². The second-order valence-electron chi connectivity index (χ2n) is 7.17. The number of H-pyrrole nitrogens is 1. The Labute approximate surface area is 175 Å². The summed E-state index contributed by atoms with van der Waals surface area (Å²) in [4.78, 5) is 6.95. The molecule has 0 spiro atoms. The fourth-order valence-corrected chi connectivity index (χ4v) is 3.73. The molecule has 0 bridgehead atoms. The quantitative estimate of drug-likeness (QED) is 0.594. The van der Waals surface area contributed by atoms with Gasteiger partial charge in [0.15, 0.2) is 0 Å². The summed E-state index contributed by atoms with van der Waals surface area (Å²) >= 11 is 0. The van der Waals surface area contributed by atoms with Crippen LogP contribution in [-0.4, -0.2) is 60.0 Å². The third-order valence-corrected chi connectivity index (χ3v) is 5.33. The number of aromatic amines is 1. The molecule has 1 aromatic carbocycles. The molecule has 7 nitrogen and oxygen atoms in total. The van der Waals surface area contributed by atoms with Crippen molar-refractivity contribution in [2.75, 3.05) is 40.0 Å². The Morgan fingerprint density at radius 1 is 1.27 bits per heavy atom. The number of hydrogen-bond donors (Lipinski definition) is 2. The van der Waals surface area contributed by atoms with Gasteiger partial charge >= 0.3 is 0 Å². The Balaban J connectivity index is 1.46. The molecule has 1 saturated heterocycles. The van der Waals surface area contributed by atoms with Gasteiger partial charge in [-0.25, -0.2) is 4.39 Å². The molecule has 3 aromatic rings. The first-order chi connectivity index (χ1) is 14.8. The van der Waals surface area contributed by atoms with E-state index in [2.05, 4.69) is 31.5 Å². The first-order valence-electron chi connectivity index (χ1n) is 10.1. The molecule has 158 valence electrons. The van der Waals surface area contributed by atoms with Gasteiger partial charge in [-0.2, -0.15) is 5.10 Å². The molecule has 0 aliphatic carbocycles. The molecule has 1 fully saturated rings. The number of ether oxygens (including phenoxy) is 2. The van der Waals surface area contributed by atoms with E-state index in [-0.39, 0.29) is 11.9 Å². The van der Waals surface area contributed by atoms with Gasteiger partial charge in [-0.05, 0) is 24.3 Å². The van der Waals surface area contributed by atoms with Crippen molar-refractivity contribution in [3.05, 3.63) is 65.9 Å². The summed E-state index contributed by atoms with van der Waals surface area (Å²) in [6.45, 7) is 4.48. The van der Waals surface area contributed by atoms with Crippen molar-refractivity contribution in [2.24, 2.45) is 0 Å². The Morgan fingerprint density at radius 2 is 2.13 bits per heavy atom. The van der Waals surface area contributed by atoms with E-state index in [1.54, 1.807) is 18.3 Å². The van der Waals surface area contributed by atoms with Gasteiger partial charge in [-0.3, -0.25) is 15.0 Å². The lowest BCUT2D eigenvalue weighted by Gasteiger charge is -2.34. The third kappa shape index (κ3) is 4.67. The lowest BCUT2D eigenvalue weighted by atomic mass is 10.1. The third-order valence-electron chi connectivity index (χ3n) is 5.33. The van der Waals surface area contributed by atoms with E-state index < -0.39 is 0 Å². The Morgan fingerprint density at radius 3 is 2.87 bits per heavy atom. The average molecular weight is 411 g/mol. The normalized spacial score (nSPS) is 15.8. The molecule has 1 aliphatic rings. The number of morpholine rings is 1. The van der Waals surface area contributed by atoms with Crippen LogP contribution in [0.15, 0.2) is 48.8 Å². The summed E-state index contributed by atoms with van der Waals surface area (Å²) in [7, 11) is 1.52. The van der Waals surface area contributed by atoms with Crippen molar-refractivity contribution < 1.29 is 13.9 Å². The predicted molar refractivity (Wildman–Crippen MR) is 112 cm³/mol. The fraction of sp³-hybridized carbons (Fsp3) is 0.364. The maximum atomic E-state index is 14.5. The Kier molecular flexibility index (Phi) is 6.68. The number of nitrogens with zero attached hydrogens (tertiary/aromatic N) is 3. The van der Waals surface area contributed by atoms with E-state index >= 15 is 0 Å².